The van der Waals surface area contributed by atoms with E-state index in [0.717, 1.165) is 35.9 Å². The minimum absolute atomic E-state index is 0.192. The SMILES string of the molecule is CCCN(CCO)Cc1csc(-c2ccccn2)n1. The lowest BCUT2D eigenvalue weighted by molar-refractivity contribution is 0.189. The molecule has 5 heteroatoms. The summed E-state index contributed by atoms with van der Waals surface area (Å²) in [6, 6.07) is 5.85. The second kappa shape index (κ2) is 7.33. The van der Waals surface area contributed by atoms with Crippen LogP contribution in [0.4, 0.5) is 0 Å². The second-order valence-electron chi connectivity index (χ2n) is 4.36. The minimum Gasteiger partial charge on any atom is -0.395 e. The molecule has 2 aromatic heterocycles. The summed E-state index contributed by atoms with van der Waals surface area (Å²) in [7, 11) is 0. The normalized spacial score (nSPS) is 11.1. The Morgan fingerprint density at radius 3 is 2.89 bits per heavy atom. The van der Waals surface area contributed by atoms with E-state index in [0.29, 0.717) is 6.54 Å². The molecule has 0 aliphatic carbocycles. The molecule has 4 nitrogen and oxygen atoms in total. The summed E-state index contributed by atoms with van der Waals surface area (Å²) in [6.07, 6.45) is 2.86. The van der Waals surface area contributed by atoms with E-state index in [9.17, 15) is 0 Å². The molecule has 1 N–H and O–H groups in total. The molecule has 0 bridgehead atoms. The summed E-state index contributed by atoms with van der Waals surface area (Å²) in [5.74, 6) is 0. The van der Waals surface area contributed by atoms with E-state index < -0.39 is 0 Å². The maximum atomic E-state index is 9.06. The van der Waals surface area contributed by atoms with Gasteiger partial charge in [0.05, 0.1) is 18.0 Å². The smallest absolute Gasteiger partial charge is 0.142 e. The molecular formula is C14H19N3OS. The summed E-state index contributed by atoms with van der Waals surface area (Å²) in [6.45, 7) is 4.81. The molecule has 0 atom stereocenters. The van der Waals surface area contributed by atoms with E-state index in [1.165, 1.54) is 0 Å². The largest absolute Gasteiger partial charge is 0.395 e. The molecule has 0 aromatic carbocycles. The topological polar surface area (TPSA) is 49.2 Å². The van der Waals surface area contributed by atoms with E-state index in [1.807, 2.05) is 18.2 Å². The van der Waals surface area contributed by atoms with Crippen molar-refractivity contribution in [2.75, 3.05) is 19.7 Å². The van der Waals surface area contributed by atoms with Crippen molar-refractivity contribution in [3.8, 4) is 10.7 Å². The van der Waals surface area contributed by atoms with Gasteiger partial charge in [-0.25, -0.2) is 4.98 Å². The van der Waals surface area contributed by atoms with Crippen LogP contribution in [0.15, 0.2) is 29.8 Å². The fourth-order valence-corrected chi connectivity index (χ4v) is 2.73. The number of nitrogens with zero attached hydrogens (tertiary/aromatic N) is 3. The first kappa shape index (κ1) is 14.1. The van der Waals surface area contributed by atoms with Crippen LogP contribution in [0.2, 0.25) is 0 Å². The highest BCUT2D eigenvalue weighted by atomic mass is 32.1. The lowest BCUT2D eigenvalue weighted by atomic mass is 10.3. The molecule has 2 rings (SSSR count). The maximum Gasteiger partial charge on any atom is 0.142 e. The Morgan fingerprint density at radius 1 is 1.32 bits per heavy atom. The molecule has 0 amide bonds. The van der Waals surface area contributed by atoms with Crippen LogP contribution >= 0.6 is 11.3 Å². The zero-order valence-electron chi connectivity index (χ0n) is 11.1. The Morgan fingerprint density at radius 2 is 2.21 bits per heavy atom. The zero-order valence-corrected chi connectivity index (χ0v) is 11.9. The second-order valence-corrected chi connectivity index (χ2v) is 5.22. The van der Waals surface area contributed by atoms with E-state index >= 15 is 0 Å². The van der Waals surface area contributed by atoms with E-state index in [1.54, 1.807) is 17.5 Å². The fraction of sp³-hybridized carbons (Fsp3) is 0.429. The molecule has 102 valence electrons. The van der Waals surface area contributed by atoms with Crippen molar-refractivity contribution in [2.45, 2.75) is 19.9 Å². The summed E-state index contributed by atoms with van der Waals surface area (Å²) in [5.41, 5.74) is 1.97. The van der Waals surface area contributed by atoms with Crippen LogP contribution in [0, 0.1) is 0 Å². The maximum absolute atomic E-state index is 9.06. The number of rotatable bonds is 7. The molecule has 0 radical (unpaired) electrons. The Bertz CT molecular complexity index is 480. The van der Waals surface area contributed by atoms with Crippen molar-refractivity contribution in [3.63, 3.8) is 0 Å². The van der Waals surface area contributed by atoms with Crippen LogP contribution in [0.25, 0.3) is 10.7 Å². The number of hydrogen-bond acceptors (Lipinski definition) is 5. The highest BCUT2D eigenvalue weighted by Gasteiger charge is 2.09. The van der Waals surface area contributed by atoms with Gasteiger partial charge in [0.1, 0.15) is 5.01 Å². The summed E-state index contributed by atoms with van der Waals surface area (Å²) >= 11 is 1.62. The quantitative estimate of drug-likeness (QED) is 0.844. The standard InChI is InChI=1S/C14H19N3OS/c1-2-7-17(8-9-18)10-12-11-19-14(16-12)13-5-3-4-6-15-13/h3-6,11,18H,2,7-10H2,1H3. The molecule has 0 unspecified atom stereocenters. The Kier molecular flexibility index (Phi) is 5.44. The van der Waals surface area contributed by atoms with Gasteiger partial charge in [0, 0.05) is 24.7 Å². The van der Waals surface area contributed by atoms with Gasteiger partial charge in [-0.3, -0.25) is 9.88 Å². The van der Waals surface area contributed by atoms with Crippen LogP contribution in [-0.2, 0) is 6.54 Å². The Labute approximate surface area is 117 Å². The molecule has 19 heavy (non-hydrogen) atoms. The van der Waals surface area contributed by atoms with Gasteiger partial charge in [-0.1, -0.05) is 13.0 Å². The average molecular weight is 277 g/mol. The molecular weight excluding hydrogens is 258 g/mol. The number of aliphatic hydroxyl groups excluding tert-OH is 1. The third-order valence-electron chi connectivity index (χ3n) is 2.78. The molecule has 0 fully saturated rings. The first-order valence-electron chi connectivity index (χ1n) is 6.52. The molecule has 2 heterocycles. The Hall–Kier alpha value is -1.30. The Balaban J connectivity index is 2.04. The van der Waals surface area contributed by atoms with Crippen molar-refractivity contribution in [3.05, 3.63) is 35.5 Å². The van der Waals surface area contributed by atoms with Gasteiger partial charge >= 0.3 is 0 Å². The number of thiazole rings is 1. The highest BCUT2D eigenvalue weighted by Crippen LogP contribution is 2.21. The average Bonchev–Trinajstić information content (AvgIpc) is 2.89. The first-order chi connectivity index (χ1) is 9.33. The van der Waals surface area contributed by atoms with Gasteiger partial charge in [0.25, 0.3) is 0 Å². The van der Waals surface area contributed by atoms with Crippen molar-refractivity contribution in [1.82, 2.24) is 14.9 Å². The van der Waals surface area contributed by atoms with Crippen molar-refractivity contribution < 1.29 is 5.11 Å². The van der Waals surface area contributed by atoms with Gasteiger partial charge < -0.3 is 5.11 Å². The number of hydrogen-bond donors (Lipinski definition) is 1. The van der Waals surface area contributed by atoms with Gasteiger partial charge in [0.15, 0.2) is 0 Å². The summed E-state index contributed by atoms with van der Waals surface area (Å²) < 4.78 is 0. The number of pyridine rings is 1. The van der Waals surface area contributed by atoms with Crippen LogP contribution in [0.3, 0.4) is 0 Å². The molecule has 0 aliphatic rings. The van der Waals surface area contributed by atoms with E-state index in [4.69, 9.17) is 5.11 Å². The third kappa shape index (κ3) is 4.09. The lowest BCUT2D eigenvalue weighted by Gasteiger charge is -2.18. The van der Waals surface area contributed by atoms with Gasteiger partial charge in [0.2, 0.25) is 0 Å². The summed E-state index contributed by atoms with van der Waals surface area (Å²) in [4.78, 5) is 11.1. The first-order valence-corrected chi connectivity index (χ1v) is 7.40. The van der Waals surface area contributed by atoms with Gasteiger partial charge in [-0.15, -0.1) is 11.3 Å². The molecule has 0 saturated carbocycles. The van der Waals surface area contributed by atoms with Gasteiger partial charge in [-0.05, 0) is 25.1 Å². The highest BCUT2D eigenvalue weighted by molar-refractivity contribution is 7.13. The van der Waals surface area contributed by atoms with Crippen molar-refractivity contribution in [2.24, 2.45) is 0 Å². The minimum atomic E-state index is 0.192. The van der Waals surface area contributed by atoms with Crippen molar-refractivity contribution >= 4 is 11.3 Å². The zero-order chi connectivity index (χ0) is 13.5. The van der Waals surface area contributed by atoms with Crippen LogP contribution in [0.1, 0.15) is 19.0 Å². The van der Waals surface area contributed by atoms with Gasteiger partial charge in [-0.2, -0.15) is 0 Å². The molecule has 0 spiro atoms. The van der Waals surface area contributed by atoms with Crippen LogP contribution < -0.4 is 0 Å². The predicted molar refractivity (Wildman–Crippen MR) is 78.0 cm³/mol. The molecule has 0 aliphatic heterocycles. The fourth-order valence-electron chi connectivity index (χ4n) is 1.94. The number of aromatic nitrogens is 2. The van der Waals surface area contributed by atoms with E-state index in [-0.39, 0.29) is 6.61 Å². The predicted octanol–water partition coefficient (Wildman–Crippen LogP) is 2.41. The van der Waals surface area contributed by atoms with Crippen molar-refractivity contribution in [1.29, 1.82) is 0 Å². The summed E-state index contributed by atoms with van der Waals surface area (Å²) in [5, 5.41) is 12.1. The molecule has 2 aromatic rings. The molecule has 0 saturated heterocycles. The van der Waals surface area contributed by atoms with Crippen LogP contribution in [0.5, 0.6) is 0 Å². The monoisotopic (exact) mass is 277 g/mol. The third-order valence-corrected chi connectivity index (χ3v) is 3.69. The van der Waals surface area contributed by atoms with E-state index in [2.05, 4.69) is 27.2 Å². The van der Waals surface area contributed by atoms with Crippen LogP contribution in [-0.4, -0.2) is 39.7 Å². The number of aliphatic hydroxyl groups is 1. The lowest BCUT2D eigenvalue weighted by Crippen LogP contribution is -2.27.